The van der Waals surface area contributed by atoms with Crippen molar-refractivity contribution in [3.05, 3.63) is 0 Å². The lowest BCUT2D eigenvalue weighted by molar-refractivity contribution is -0.0000959. The lowest BCUT2D eigenvalue weighted by atomic mass is 9.97. The highest BCUT2D eigenvalue weighted by Crippen LogP contribution is 2.19. The quantitative estimate of drug-likeness (QED) is 0.677. The SMILES string of the molecule is CCC(O)(CC)CN1CC[C@@H](O)C1. The molecule has 1 saturated heterocycles. The Kier molecular flexibility index (Phi) is 3.71. The number of hydrogen-bond donors (Lipinski definition) is 2. The molecule has 3 heteroatoms. The summed E-state index contributed by atoms with van der Waals surface area (Å²) in [5.41, 5.74) is -0.552. The maximum absolute atomic E-state index is 10.1. The maximum atomic E-state index is 10.1. The second kappa shape index (κ2) is 4.40. The summed E-state index contributed by atoms with van der Waals surface area (Å²) in [6.45, 7) is 6.37. The second-order valence-electron chi connectivity index (χ2n) is 4.11. The lowest BCUT2D eigenvalue weighted by Crippen LogP contribution is -2.41. The summed E-state index contributed by atoms with van der Waals surface area (Å²) in [6.07, 6.45) is 2.24. The van der Waals surface area contributed by atoms with E-state index in [4.69, 9.17) is 0 Å². The van der Waals surface area contributed by atoms with Crippen molar-refractivity contribution >= 4 is 0 Å². The van der Waals surface area contributed by atoms with Crippen LogP contribution in [0, 0.1) is 0 Å². The van der Waals surface area contributed by atoms with Crippen LogP contribution in [-0.4, -0.2) is 46.5 Å². The Bertz CT molecular complexity index is 157. The first-order chi connectivity index (χ1) is 6.09. The Morgan fingerprint density at radius 1 is 1.38 bits per heavy atom. The fourth-order valence-corrected chi connectivity index (χ4v) is 1.85. The highest BCUT2D eigenvalue weighted by Gasteiger charge is 2.29. The van der Waals surface area contributed by atoms with Gasteiger partial charge in [-0.15, -0.1) is 0 Å². The van der Waals surface area contributed by atoms with Gasteiger partial charge < -0.3 is 10.2 Å². The van der Waals surface area contributed by atoms with Crippen LogP contribution in [-0.2, 0) is 0 Å². The summed E-state index contributed by atoms with van der Waals surface area (Å²) in [5.74, 6) is 0. The van der Waals surface area contributed by atoms with E-state index in [0.29, 0.717) is 6.54 Å². The Labute approximate surface area is 80.4 Å². The fraction of sp³-hybridized carbons (Fsp3) is 1.00. The van der Waals surface area contributed by atoms with Crippen molar-refractivity contribution in [1.82, 2.24) is 4.90 Å². The van der Waals surface area contributed by atoms with Gasteiger partial charge in [-0.2, -0.15) is 0 Å². The molecule has 0 aliphatic carbocycles. The molecule has 13 heavy (non-hydrogen) atoms. The molecule has 0 bridgehead atoms. The first-order valence-electron chi connectivity index (χ1n) is 5.22. The Morgan fingerprint density at radius 3 is 2.38 bits per heavy atom. The Morgan fingerprint density at radius 2 is 2.00 bits per heavy atom. The third-order valence-corrected chi connectivity index (χ3v) is 3.08. The number of likely N-dealkylation sites (tertiary alicyclic amines) is 1. The zero-order valence-electron chi connectivity index (χ0n) is 8.66. The van der Waals surface area contributed by atoms with Crippen molar-refractivity contribution in [2.24, 2.45) is 0 Å². The molecule has 0 aromatic rings. The van der Waals surface area contributed by atoms with Gasteiger partial charge in [0.05, 0.1) is 11.7 Å². The first kappa shape index (κ1) is 11.0. The molecule has 0 unspecified atom stereocenters. The fourth-order valence-electron chi connectivity index (χ4n) is 1.85. The molecule has 1 fully saturated rings. The number of β-amino-alcohol motifs (C(OH)–C–C–N with tert-alkyl or cyclic N) is 2. The van der Waals surface area contributed by atoms with Gasteiger partial charge in [0, 0.05) is 19.6 Å². The number of aliphatic hydroxyl groups is 2. The molecule has 78 valence electrons. The molecule has 1 heterocycles. The van der Waals surface area contributed by atoms with E-state index in [9.17, 15) is 10.2 Å². The van der Waals surface area contributed by atoms with Crippen LogP contribution in [0.15, 0.2) is 0 Å². The topological polar surface area (TPSA) is 43.7 Å². The maximum Gasteiger partial charge on any atom is 0.0768 e. The second-order valence-corrected chi connectivity index (χ2v) is 4.11. The van der Waals surface area contributed by atoms with Gasteiger partial charge in [0.2, 0.25) is 0 Å². The van der Waals surface area contributed by atoms with Gasteiger partial charge in [0.15, 0.2) is 0 Å². The van der Waals surface area contributed by atoms with Crippen LogP contribution in [0.1, 0.15) is 33.1 Å². The van der Waals surface area contributed by atoms with E-state index in [0.717, 1.165) is 32.4 Å². The minimum absolute atomic E-state index is 0.182. The molecule has 0 saturated carbocycles. The van der Waals surface area contributed by atoms with Crippen LogP contribution in [0.3, 0.4) is 0 Å². The van der Waals surface area contributed by atoms with Crippen molar-refractivity contribution < 1.29 is 10.2 Å². The molecule has 0 radical (unpaired) electrons. The van der Waals surface area contributed by atoms with Gasteiger partial charge in [0.1, 0.15) is 0 Å². The van der Waals surface area contributed by atoms with E-state index in [-0.39, 0.29) is 6.10 Å². The van der Waals surface area contributed by atoms with Crippen LogP contribution in [0.4, 0.5) is 0 Å². The number of aliphatic hydroxyl groups excluding tert-OH is 1. The van der Waals surface area contributed by atoms with E-state index in [1.807, 2.05) is 13.8 Å². The smallest absolute Gasteiger partial charge is 0.0768 e. The number of nitrogens with zero attached hydrogens (tertiary/aromatic N) is 1. The standard InChI is InChI=1S/C10H21NO2/c1-3-10(13,4-2)8-11-6-5-9(12)7-11/h9,12-13H,3-8H2,1-2H3/t9-/m1/s1. The Balaban J connectivity index is 2.38. The minimum Gasteiger partial charge on any atom is -0.392 e. The van der Waals surface area contributed by atoms with E-state index >= 15 is 0 Å². The molecular formula is C10H21NO2. The van der Waals surface area contributed by atoms with Crippen LogP contribution in [0.5, 0.6) is 0 Å². The summed E-state index contributed by atoms with van der Waals surface area (Å²) in [5, 5.41) is 19.4. The molecule has 0 amide bonds. The zero-order valence-corrected chi connectivity index (χ0v) is 8.66. The molecule has 0 spiro atoms. The third kappa shape index (κ3) is 2.93. The number of hydrogen-bond acceptors (Lipinski definition) is 3. The molecule has 0 aromatic heterocycles. The highest BCUT2D eigenvalue weighted by molar-refractivity contribution is 4.84. The normalized spacial score (nSPS) is 25.4. The molecule has 0 aromatic carbocycles. The highest BCUT2D eigenvalue weighted by atomic mass is 16.3. The molecule has 2 N–H and O–H groups in total. The number of rotatable bonds is 4. The van der Waals surface area contributed by atoms with Gasteiger partial charge in [-0.3, -0.25) is 4.90 Å². The average Bonchev–Trinajstić information content (AvgIpc) is 2.51. The van der Waals surface area contributed by atoms with Crippen molar-refractivity contribution in [3.8, 4) is 0 Å². The Hall–Kier alpha value is -0.120. The first-order valence-corrected chi connectivity index (χ1v) is 5.22. The van der Waals surface area contributed by atoms with E-state index in [1.165, 1.54) is 0 Å². The third-order valence-electron chi connectivity index (χ3n) is 3.08. The summed E-state index contributed by atoms with van der Waals surface area (Å²) < 4.78 is 0. The summed E-state index contributed by atoms with van der Waals surface area (Å²) >= 11 is 0. The summed E-state index contributed by atoms with van der Waals surface area (Å²) in [7, 11) is 0. The van der Waals surface area contributed by atoms with E-state index in [2.05, 4.69) is 4.90 Å². The molecular weight excluding hydrogens is 166 g/mol. The van der Waals surface area contributed by atoms with Gasteiger partial charge in [0.25, 0.3) is 0 Å². The zero-order chi connectivity index (χ0) is 9.90. The van der Waals surface area contributed by atoms with Crippen molar-refractivity contribution in [3.63, 3.8) is 0 Å². The van der Waals surface area contributed by atoms with Gasteiger partial charge >= 0.3 is 0 Å². The molecule has 3 nitrogen and oxygen atoms in total. The predicted octanol–water partition coefficient (Wildman–Crippen LogP) is 0.604. The van der Waals surface area contributed by atoms with Crippen molar-refractivity contribution in [2.75, 3.05) is 19.6 Å². The minimum atomic E-state index is -0.552. The van der Waals surface area contributed by atoms with Gasteiger partial charge in [-0.25, -0.2) is 0 Å². The summed E-state index contributed by atoms with van der Waals surface area (Å²) in [4.78, 5) is 2.15. The predicted molar refractivity (Wildman–Crippen MR) is 52.6 cm³/mol. The lowest BCUT2D eigenvalue weighted by Gasteiger charge is -2.30. The van der Waals surface area contributed by atoms with E-state index in [1.54, 1.807) is 0 Å². The van der Waals surface area contributed by atoms with Gasteiger partial charge in [-0.1, -0.05) is 13.8 Å². The largest absolute Gasteiger partial charge is 0.392 e. The van der Waals surface area contributed by atoms with Crippen molar-refractivity contribution in [1.29, 1.82) is 0 Å². The van der Waals surface area contributed by atoms with Gasteiger partial charge in [-0.05, 0) is 19.3 Å². The van der Waals surface area contributed by atoms with Crippen molar-refractivity contribution in [2.45, 2.75) is 44.8 Å². The van der Waals surface area contributed by atoms with Crippen LogP contribution < -0.4 is 0 Å². The van der Waals surface area contributed by atoms with Crippen LogP contribution >= 0.6 is 0 Å². The average molecular weight is 187 g/mol. The van der Waals surface area contributed by atoms with Crippen LogP contribution in [0.2, 0.25) is 0 Å². The van der Waals surface area contributed by atoms with E-state index < -0.39 is 5.60 Å². The molecule has 1 atom stereocenters. The summed E-state index contributed by atoms with van der Waals surface area (Å²) in [6, 6.07) is 0. The monoisotopic (exact) mass is 187 g/mol. The molecule has 1 aliphatic rings. The molecule has 1 rings (SSSR count). The van der Waals surface area contributed by atoms with Crippen LogP contribution in [0.25, 0.3) is 0 Å². The molecule has 1 aliphatic heterocycles.